The van der Waals surface area contributed by atoms with E-state index in [4.69, 9.17) is 5.11 Å². The van der Waals surface area contributed by atoms with Gasteiger partial charge < -0.3 is 15.0 Å². The van der Waals surface area contributed by atoms with Gasteiger partial charge in [-0.2, -0.15) is 0 Å². The van der Waals surface area contributed by atoms with E-state index >= 15 is 0 Å². The summed E-state index contributed by atoms with van der Waals surface area (Å²) in [5.74, 6) is -0.998. The number of unbranched alkanes of at least 4 members (excludes halogenated alkanes) is 1. The Balaban J connectivity index is 1.84. The van der Waals surface area contributed by atoms with Gasteiger partial charge in [-0.3, -0.25) is 14.4 Å². The van der Waals surface area contributed by atoms with Gasteiger partial charge in [-0.25, -0.2) is 0 Å². The van der Waals surface area contributed by atoms with E-state index in [0.717, 1.165) is 11.0 Å². The third-order valence-electron chi connectivity index (χ3n) is 4.32. The van der Waals surface area contributed by atoms with Crippen molar-refractivity contribution in [3.63, 3.8) is 0 Å². The van der Waals surface area contributed by atoms with Gasteiger partial charge in [-0.05, 0) is 37.1 Å². The van der Waals surface area contributed by atoms with Crippen LogP contribution < -0.4 is 10.7 Å². The number of rotatable bonds is 7. The zero-order chi connectivity index (χ0) is 18.5. The third-order valence-corrected chi connectivity index (χ3v) is 4.32. The fraction of sp³-hybridized carbons (Fsp3) is 0.250. The van der Waals surface area contributed by atoms with Crippen LogP contribution >= 0.6 is 0 Å². The number of hydrogen-bond acceptors (Lipinski definition) is 3. The van der Waals surface area contributed by atoms with Crippen molar-refractivity contribution < 1.29 is 14.7 Å². The molecule has 1 heterocycles. The normalized spacial score (nSPS) is 10.9. The van der Waals surface area contributed by atoms with Crippen molar-refractivity contribution >= 4 is 33.7 Å². The summed E-state index contributed by atoms with van der Waals surface area (Å²) in [6.07, 6.45) is 1.24. The first-order valence-corrected chi connectivity index (χ1v) is 8.56. The minimum Gasteiger partial charge on any atom is -0.481 e. The maximum atomic E-state index is 12.7. The van der Waals surface area contributed by atoms with Gasteiger partial charge in [0.15, 0.2) is 5.43 Å². The molecular formula is C20H20N2O4. The maximum Gasteiger partial charge on any atom is 0.303 e. The van der Waals surface area contributed by atoms with Gasteiger partial charge in [-0.1, -0.05) is 24.3 Å². The number of carbonyl (C=O) groups excluding carboxylic acids is 1. The standard InChI is InChI=1S/C20H20N2O4/c23-18(21-12-6-5-11-19(24)25)13-22-16-9-3-1-7-14(16)20(26)15-8-2-4-10-17(15)22/h1-4,7-10H,5-6,11-13H2,(H,21,23)(H,24,25). The molecule has 0 aliphatic rings. The molecule has 3 aromatic rings. The summed E-state index contributed by atoms with van der Waals surface area (Å²) in [6, 6.07) is 14.5. The Hall–Kier alpha value is -3.15. The quantitative estimate of drug-likeness (QED) is 0.505. The van der Waals surface area contributed by atoms with Crippen LogP contribution in [-0.2, 0) is 16.1 Å². The molecule has 0 radical (unpaired) electrons. The largest absolute Gasteiger partial charge is 0.481 e. The number of aliphatic carboxylic acids is 1. The highest BCUT2D eigenvalue weighted by Crippen LogP contribution is 2.18. The number of para-hydroxylation sites is 2. The minimum atomic E-state index is -0.831. The lowest BCUT2D eigenvalue weighted by molar-refractivity contribution is -0.137. The van der Waals surface area contributed by atoms with Crippen LogP contribution in [0.4, 0.5) is 0 Å². The summed E-state index contributed by atoms with van der Waals surface area (Å²) in [5, 5.41) is 12.6. The SMILES string of the molecule is O=C(O)CCCCNC(=O)Cn1c2ccccc2c(=O)c2ccccc21. The highest BCUT2D eigenvalue weighted by molar-refractivity contribution is 5.94. The molecule has 0 aliphatic carbocycles. The van der Waals surface area contributed by atoms with Gasteiger partial charge in [0.1, 0.15) is 6.54 Å². The molecule has 6 nitrogen and oxygen atoms in total. The van der Waals surface area contributed by atoms with Crippen LogP contribution in [0.25, 0.3) is 21.8 Å². The molecule has 0 spiro atoms. The van der Waals surface area contributed by atoms with Gasteiger partial charge in [0.2, 0.25) is 5.91 Å². The average Bonchev–Trinajstić information content (AvgIpc) is 2.64. The van der Waals surface area contributed by atoms with E-state index in [2.05, 4.69) is 5.32 Å². The van der Waals surface area contributed by atoms with Crippen molar-refractivity contribution in [1.29, 1.82) is 0 Å². The second-order valence-electron chi connectivity index (χ2n) is 6.15. The lowest BCUT2D eigenvalue weighted by Crippen LogP contribution is -2.29. The van der Waals surface area contributed by atoms with Crippen LogP contribution in [0.1, 0.15) is 19.3 Å². The topological polar surface area (TPSA) is 88.4 Å². The van der Waals surface area contributed by atoms with Gasteiger partial charge >= 0.3 is 5.97 Å². The predicted molar refractivity (Wildman–Crippen MR) is 100 cm³/mol. The smallest absolute Gasteiger partial charge is 0.303 e. The number of carboxylic acids is 1. The Morgan fingerprint density at radius 1 is 0.923 bits per heavy atom. The summed E-state index contributed by atoms with van der Waals surface area (Å²) in [5.41, 5.74) is 1.40. The molecule has 2 aromatic carbocycles. The van der Waals surface area contributed by atoms with E-state index in [1.54, 1.807) is 12.1 Å². The number of nitrogens with one attached hydrogen (secondary N) is 1. The first-order chi connectivity index (χ1) is 12.6. The lowest BCUT2D eigenvalue weighted by Gasteiger charge is -2.15. The molecule has 0 unspecified atom stereocenters. The number of aromatic nitrogens is 1. The minimum absolute atomic E-state index is 0.0403. The molecule has 0 saturated heterocycles. The van der Waals surface area contributed by atoms with E-state index in [1.165, 1.54) is 0 Å². The number of fused-ring (bicyclic) bond motifs is 2. The third kappa shape index (κ3) is 3.74. The molecule has 0 aliphatic heterocycles. The summed E-state index contributed by atoms with van der Waals surface area (Å²) >= 11 is 0. The molecule has 1 amide bonds. The first-order valence-electron chi connectivity index (χ1n) is 8.56. The second kappa shape index (κ2) is 7.82. The van der Waals surface area contributed by atoms with Crippen LogP contribution in [0.5, 0.6) is 0 Å². The van der Waals surface area contributed by atoms with E-state index < -0.39 is 5.97 Å². The van der Waals surface area contributed by atoms with E-state index in [1.807, 2.05) is 41.0 Å². The van der Waals surface area contributed by atoms with Crippen molar-refractivity contribution in [2.75, 3.05) is 6.54 Å². The van der Waals surface area contributed by atoms with Crippen LogP contribution in [0.3, 0.4) is 0 Å². The zero-order valence-electron chi connectivity index (χ0n) is 14.3. The molecule has 2 N–H and O–H groups in total. The van der Waals surface area contributed by atoms with Crippen molar-refractivity contribution in [3.8, 4) is 0 Å². The molecule has 6 heteroatoms. The van der Waals surface area contributed by atoms with Crippen molar-refractivity contribution in [3.05, 3.63) is 58.8 Å². The Kier molecular flexibility index (Phi) is 5.31. The van der Waals surface area contributed by atoms with Crippen LogP contribution in [0.2, 0.25) is 0 Å². The molecule has 0 bridgehead atoms. The number of hydrogen-bond donors (Lipinski definition) is 2. The van der Waals surface area contributed by atoms with E-state index in [9.17, 15) is 14.4 Å². The molecular weight excluding hydrogens is 332 g/mol. The molecule has 0 saturated carbocycles. The van der Waals surface area contributed by atoms with Crippen molar-refractivity contribution in [2.24, 2.45) is 0 Å². The number of amides is 1. The number of benzene rings is 2. The Bertz CT molecular complexity index is 963. The lowest BCUT2D eigenvalue weighted by atomic mass is 10.1. The summed E-state index contributed by atoms with van der Waals surface area (Å²) in [6.45, 7) is 0.530. The Morgan fingerprint density at radius 3 is 2.08 bits per heavy atom. The first kappa shape index (κ1) is 17.7. The number of pyridine rings is 1. The predicted octanol–water partition coefficient (Wildman–Crippen LogP) is 2.53. The molecule has 1 aromatic heterocycles. The summed E-state index contributed by atoms with van der Waals surface area (Å²) in [4.78, 5) is 35.5. The fourth-order valence-electron chi connectivity index (χ4n) is 3.08. The Labute approximate surface area is 150 Å². The van der Waals surface area contributed by atoms with E-state index in [-0.39, 0.29) is 24.3 Å². The molecule has 0 atom stereocenters. The average molecular weight is 352 g/mol. The number of nitrogens with zero attached hydrogens (tertiary/aromatic N) is 1. The summed E-state index contributed by atoms with van der Waals surface area (Å²) in [7, 11) is 0. The monoisotopic (exact) mass is 352 g/mol. The fourth-order valence-corrected chi connectivity index (χ4v) is 3.08. The number of carboxylic acid groups (broad SMARTS) is 1. The number of carbonyl (C=O) groups is 2. The highest BCUT2D eigenvalue weighted by Gasteiger charge is 2.12. The van der Waals surface area contributed by atoms with Crippen molar-refractivity contribution in [2.45, 2.75) is 25.8 Å². The van der Waals surface area contributed by atoms with Gasteiger partial charge in [0, 0.05) is 23.7 Å². The van der Waals surface area contributed by atoms with Crippen molar-refractivity contribution in [1.82, 2.24) is 9.88 Å². The maximum absolute atomic E-state index is 12.7. The molecule has 3 rings (SSSR count). The van der Waals surface area contributed by atoms with Crippen LogP contribution in [0, 0.1) is 0 Å². The second-order valence-corrected chi connectivity index (χ2v) is 6.15. The van der Waals surface area contributed by atoms with Gasteiger partial charge in [-0.15, -0.1) is 0 Å². The van der Waals surface area contributed by atoms with Gasteiger partial charge in [0.05, 0.1) is 11.0 Å². The van der Waals surface area contributed by atoms with Crippen LogP contribution in [-0.4, -0.2) is 28.1 Å². The zero-order valence-corrected chi connectivity index (χ0v) is 14.3. The van der Waals surface area contributed by atoms with Gasteiger partial charge in [0.25, 0.3) is 0 Å². The summed E-state index contributed by atoms with van der Waals surface area (Å²) < 4.78 is 1.85. The molecule has 0 fully saturated rings. The van der Waals surface area contributed by atoms with Crippen LogP contribution in [0.15, 0.2) is 53.3 Å². The molecule has 26 heavy (non-hydrogen) atoms. The van der Waals surface area contributed by atoms with E-state index in [0.29, 0.717) is 30.2 Å². The highest BCUT2D eigenvalue weighted by atomic mass is 16.4. The Morgan fingerprint density at radius 2 is 1.50 bits per heavy atom. The molecule has 134 valence electrons.